The number of likely N-dealkylation sites (tertiary alicyclic amines) is 1. The summed E-state index contributed by atoms with van der Waals surface area (Å²) in [5.74, 6) is 1.79. The lowest BCUT2D eigenvalue weighted by molar-refractivity contribution is 0.0752. The fourth-order valence-electron chi connectivity index (χ4n) is 3.90. The van der Waals surface area contributed by atoms with Crippen molar-refractivity contribution in [3.05, 3.63) is 29.3 Å². The van der Waals surface area contributed by atoms with Gasteiger partial charge >= 0.3 is 0 Å². The average molecular weight is 273 g/mol. The highest BCUT2D eigenvalue weighted by atomic mass is 16.5. The molecule has 1 saturated carbocycles. The van der Waals surface area contributed by atoms with Crippen molar-refractivity contribution in [3.63, 3.8) is 0 Å². The number of carbonyl (C=O) groups excluding carboxylic acids is 1. The Morgan fingerprint density at radius 1 is 1.30 bits per heavy atom. The van der Waals surface area contributed by atoms with Crippen molar-refractivity contribution in [2.24, 2.45) is 11.8 Å². The summed E-state index contributed by atoms with van der Waals surface area (Å²) in [6.45, 7) is 2.22. The van der Waals surface area contributed by atoms with E-state index in [1.165, 1.54) is 0 Å². The Kier molecular flexibility index (Phi) is 2.74. The lowest BCUT2D eigenvalue weighted by atomic mass is 10.00. The molecule has 3 unspecified atom stereocenters. The summed E-state index contributed by atoms with van der Waals surface area (Å²) >= 11 is 0. The first kappa shape index (κ1) is 12.2. The molecule has 1 aromatic carbocycles. The van der Waals surface area contributed by atoms with Gasteiger partial charge in [0.05, 0.1) is 12.7 Å². The Morgan fingerprint density at radius 2 is 2.20 bits per heavy atom. The molecule has 4 heteroatoms. The van der Waals surface area contributed by atoms with E-state index < -0.39 is 0 Å². The molecule has 1 amide bonds. The number of benzene rings is 1. The summed E-state index contributed by atoms with van der Waals surface area (Å²) in [6.07, 6.45) is 2.62. The lowest BCUT2D eigenvalue weighted by Crippen LogP contribution is -2.31. The predicted molar refractivity (Wildman–Crippen MR) is 73.8 cm³/mol. The van der Waals surface area contributed by atoms with Crippen LogP contribution in [0, 0.1) is 11.8 Å². The van der Waals surface area contributed by atoms with Gasteiger partial charge in [0.15, 0.2) is 0 Å². The maximum absolute atomic E-state index is 12.6. The van der Waals surface area contributed by atoms with Crippen molar-refractivity contribution in [1.29, 1.82) is 0 Å². The van der Waals surface area contributed by atoms with Crippen LogP contribution in [0.15, 0.2) is 18.2 Å². The van der Waals surface area contributed by atoms with Gasteiger partial charge in [-0.15, -0.1) is 0 Å². The fraction of sp³-hybridized carbons (Fsp3) is 0.562. The van der Waals surface area contributed by atoms with Gasteiger partial charge in [-0.3, -0.25) is 4.79 Å². The van der Waals surface area contributed by atoms with Crippen LogP contribution in [-0.4, -0.2) is 41.7 Å². The molecule has 3 atom stereocenters. The third-order valence-corrected chi connectivity index (χ3v) is 5.04. The minimum atomic E-state index is -0.216. The van der Waals surface area contributed by atoms with E-state index in [-0.39, 0.29) is 17.9 Å². The van der Waals surface area contributed by atoms with Gasteiger partial charge in [-0.05, 0) is 42.5 Å². The van der Waals surface area contributed by atoms with E-state index in [0.717, 1.165) is 42.7 Å². The van der Waals surface area contributed by atoms with Crippen LogP contribution in [0.25, 0.3) is 0 Å². The lowest BCUT2D eigenvalue weighted by Gasteiger charge is -2.18. The molecule has 4 rings (SSSR count). The zero-order valence-corrected chi connectivity index (χ0v) is 11.4. The van der Waals surface area contributed by atoms with Gasteiger partial charge in [0.25, 0.3) is 5.91 Å². The van der Waals surface area contributed by atoms with Crippen LogP contribution >= 0.6 is 0 Å². The number of hydrogen-bond acceptors (Lipinski definition) is 3. The quantitative estimate of drug-likeness (QED) is 0.843. The van der Waals surface area contributed by atoms with Gasteiger partial charge in [0.1, 0.15) is 5.75 Å². The maximum atomic E-state index is 12.6. The molecule has 106 valence electrons. The molecule has 20 heavy (non-hydrogen) atoms. The Hall–Kier alpha value is -1.55. The number of hydrogen-bond donors (Lipinski definition) is 1. The second kappa shape index (κ2) is 4.48. The van der Waals surface area contributed by atoms with E-state index in [9.17, 15) is 9.90 Å². The van der Waals surface area contributed by atoms with E-state index in [0.29, 0.717) is 19.1 Å². The second-order valence-corrected chi connectivity index (χ2v) is 6.20. The van der Waals surface area contributed by atoms with Crippen molar-refractivity contribution in [3.8, 4) is 5.75 Å². The summed E-state index contributed by atoms with van der Waals surface area (Å²) in [5.41, 5.74) is 1.89. The van der Waals surface area contributed by atoms with E-state index in [2.05, 4.69) is 0 Å². The van der Waals surface area contributed by atoms with Crippen molar-refractivity contribution < 1.29 is 14.6 Å². The highest BCUT2D eigenvalue weighted by Crippen LogP contribution is 2.38. The van der Waals surface area contributed by atoms with E-state index in [1.807, 2.05) is 23.1 Å². The summed E-state index contributed by atoms with van der Waals surface area (Å²) in [4.78, 5) is 14.5. The molecule has 2 aliphatic heterocycles. The van der Waals surface area contributed by atoms with Gasteiger partial charge in [0, 0.05) is 31.0 Å². The minimum Gasteiger partial charge on any atom is -0.493 e. The van der Waals surface area contributed by atoms with E-state index in [1.54, 1.807) is 0 Å². The molecule has 2 heterocycles. The van der Waals surface area contributed by atoms with Crippen LogP contribution in [0.5, 0.6) is 5.75 Å². The van der Waals surface area contributed by atoms with Crippen molar-refractivity contribution >= 4 is 5.91 Å². The van der Waals surface area contributed by atoms with E-state index in [4.69, 9.17) is 4.74 Å². The molecule has 0 spiro atoms. The number of carbonyl (C=O) groups is 1. The summed E-state index contributed by atoms with van der Waals surface area (Å²) < 4.78 is 5.48. The molecular weight excluding hydrogens is 254 g/mol. The highest BCUT2D eigenvalue weighted by Gasteiger charge is 2.43. The topological polar surface area (TPSA) is 49.8 Å². The fourth-order valence-corrected chi connectivity index (χ4v) is 3.90. The number of fused-ring (bicyclic) bond motifs is 2. The first-order valence-corrected chi connectivity index (χ1v) is 7.45. The van der Waals surface area contributed by atoms with Crippen LogP contribution in [0.4, 0.5) is 0 Å². The highest BCUT2D eigenvalue weighted by molar-refractivity contribution is 5.95. The molecule has 0 radical (unpaired) electrons. The average Bonchev–Trinajstić information content (AvgIpc) is 3.14. The molecule has 1 aliphatic carbocycles. The molecule has 2 fully saturated rings. The van der Waals surface area contributed by atoms with Gasteiger partial charge in [-0.2, -0.15) is 0 Å². The first-order chi connectivity index (χ1) is 9.72. The molecule has 1 saturated heterocycles. The number of ether oxygens (including phenoxy) is 1. The number of aliphatic hydroxyl groups excluding tert-OH is 1. The smallest absolute Gasteiger partial charge is 0.253 e. The Morgan fingerprint density at radius 3 is 3.05 bits per heavy atom. The predicted octanol–water partition coefficient (Wildman–Crippen LogP) is 1.46. The van der Waals surface area contributed by atoms with E-state index >= 15 is 0 Å². The summed E-state index contributed by atoms with van der Waals surface area (Å²) in [7, 11) is 0. The summed E-state index contributed by atoms with van der Waals surface area (Å²) in [5, 5.41) is 9.94. The Labute approximate surface area is 118 Å². The maximum Gasteiger partial charge on any atom is 0.253 e. The Balaban J connectivity index is 1.53. The van der Waals surface area contributed by atoms with Gasteiger partial charge in [0.2, 0.25) is 0 Å². The minimum absolute atomic E-state index is 0.0984. The second-order valence-electron chi connectivity index (χ2n) is 6.20. The normalized spacial score (nSPS) is 31.1. The molecule has 1 N–H and O–H groups in total. The molecule has 3 aliphatic rings. The molecule has 0 aromatic heterocycles. The molecule has 0 bridgehead atoms. The molecule has 4 nitrogen and oxygen atoms in total. The monoisotopic (exact) mass is 273 g/mol. The number of amides is 1. The Bertz CT molecular complexity index is 557. The third-order valence-electron chi connectivity index (χ3n) is 5.04. The van der Waals surface area contributed by atoms with Gasteiger partial charge in [-0.1, -0.05) is 0 Å². The first-order valence-electron chi connectivity index (χ1n) is 7.45. The van der Waals surface area contributed by atoms with Crippen LogP contribution in [0.2, 0.25) is 0 Å². The van der Waals surface area contributed by atoms with Gasteiger partial charge < -0.3 is 14.7 Å². The standard InChI is InChI=1S/C16H19NO3/c18-14-3-1-12-8-17(9-13(12)14)16(19)11-2-4-15-10(7-11)5-6-20-15/h2,4,7,12-14,18H,1,3,5-6,8-9H2. The van der Waals surface area contributed by atoms with Crippen LogP contribution < -0.4 is 4.74 Å². The number of rotatable bonds is 1. The summed E-state index contributed by atoms with van der Waals surface area (Å²) in [6, 6.07) is 5.73. The van der Waals surface area contributed by atoms with Crippen molar-refractivity contribution in [1.82, 2.24) is 4.90 Å². The largest absolute Gasteiger partial charge is 0.493 e. The number of nitrogens with zero attached hydrogens (tertiary/aromatic N) is 1. The van der Waals surface area contributed by atoms with Crippen molar-refractivity contribution in [2.45, 2.75) is 25.4 Å². The zero-order chi connectivity index (χ0) is 13.7. The van der Waals surface area contributed by atoms with Crippen LogP contribution in [0.1, 0.15) is 28.8 Å². The number of aliphatic hydroxyl groups is 1. The molecular formula is C16H19NO3. The zero-order valence-electron chi connectivity index (χ0n) is 11.4. The third kappa shape index (κ3) is 1.82. The van der Waals surface area contributed by atoms with Crippen LogP contribution in [-0.2, 0) is 6.42 Å². The van der Waals surface area contributed by atoms with Crippen LogP contribution in [0.3, 0.4) is 0 Å². The SMILES string of the molecule is O=C(c1ccc2c(c1)CCO2)N1CC2CCC(O)C2C1. The molecule has 1 aromatic rings. The van der Waals surface area contributed by atoms with Gasteiger partial charge in [-0.25, -0.2) is 0 Å². The van der Waals surface area contributed by atoms with Crippen molar-refractivity contribution in [2.75, 3.05) is 19.7 Å².